The van der Waals surface area contributed by atoms with Crippen molar-refractivity contribution in [2.75, 3.05) is 25.7 Å². The van der Waals surface area contributed by atoms with Crippen molar-refractivity contribution in [1.29, 1.82) is 0 Å². The van der Waals surface area contributed by atoms with Gasteiger partial charge in [-0.15, -0.1) is 0 Å². The second-order valence-corrected chi connectivity index (χ2v) is 4.24. The van der Waals surface area contributed by atoms with E-state index in [2.05, 4.69) is 10.1 Å². The van der Waals surface area contributed by atoms with Crippen LogP contribution in [0.15, 0.2) is 24.3 Å². The largest absolute Gasteiger partial charge is 0.497 e. The molecule has 1 saturated heterocycles. The summed E-state index contributed by atoms with van der Waals surface area (Å²) in [5, 5.41) is 2.63. The number of hydrogen-bond donors (Lipinski definition) is 1. The lowest BCUT2D eigenvalue weighted by molar-refractivity contribution is -0.117. The average molecular weight is 264 g/mol. The maximum atomic E-state index is 11.9. The van der Waals surface area contributed by atoms with Crippen LogP contribution in [-0.4, -0.2) is 38.8 Å². The number of nitrogens with one attached hydrogen (secondary N) is 1. The molecule has 1 fully saturated rings. The minimum Gasteiger partial charge on any atom is -0.497 e. The molecule has 1 aliphatic rings. The molecule has 0 spiro atoms. The number of nitrogens with zero attached hydrogens (tertiary/aromatic N) is 1. The molecular weight excluding hydrogens is 248 g/mol. The van der Waals surface area contributed by atoms with Crippen molar-refractivity contribution >= 4 is 17.7 Å². The first-order valence-corrected chi connectivity index (χ1v) is 5.93. The van der Waals surface area contributed by atoms with Gasteiger partial charge in [-0.25, -0.2) is 4.79 Å². The Morgan fingerprint density at radius 3 is 2.89 bits per heavy atom. The molecule has 0 aliphatic carbocycles. The van der Waals surface area contributed by atoms with Crippen molar-refractivity contribution in [2.45, 2.75) is 12.5 Å². The van der Waals surface area contributed by atoms with Gasteiger partial charge >= 0.3 is 6.09 Å². The molecule has 0 bridgehead atoms. The molecule has 102 valence electrons. The molecule has 1 heterocycles. The molecule has 1 aliphatic heterocycles. The van der Waals surface area contributed by atoms with Gasteiger partial charge in [0.05, 0.1) is 20.3 Å². The molecule has 6 heteroatoms. The summed E-state index contributed by atoms with van der Waals surface area (Å²) >= 11 is 0. The smallest absolute Gasteiger partial charge is 0.407 e. The third-order valence-electron chi connectivity index (χ3n) is 3.00. The van der Waals surface area contributed by atoms with Gasteiger partial charge in [-0.3, -0.25) is 4.79 Å². The number of rotatable bonds is 3. The number of carbonyl (C=O) groups excluding carboxylic acids is 2. The van der Waals surface area contributed by atoms with Gasteiger partial charge in [0.1, 0.15) is 5.75 Å². The summed E-state index contributed by atoms with van der Waals surface area (Å²) in [6.45, 7) is 0.432. The second-order valence-electron chi connectivity index (χ2n) is 4.24. The molecule has 6 nitrogen and oxygen atoms in total. The first-order chi connectivity index (χ1) is 9.13. The summed E-state index contributed by atoms with van der Waals surface area (Å²) in [4.78, 5) is 24.7. The molecule has 0 aromatic heterocycles. The van der Waals surface area contributed by atoms with Gasteiger partial charge in [-0.1, -0.05) is 6.07 Å². The monoisotopic (exact) mass is 264 g/mol. The summed E-state index contributed by atoms with van der Waals surface area (Å²) in [7, 11) is 2.87. The lowest BCUT2D eigenvalue weighted by Gasteiger charge is -2.17. The summed E-state index contributed by atoms with van der Waals surface area (Å²) in [6.07, 6.45) is -0.253. The molecule has 1 atom stereocenters. The normalized spacial score (nSPS) is 18.3. The molecule has 1 aromatic carbocycles. The van der Waals surface area contributed by atoms with Crippen LogP contribution in [0.2, 0.25) is 0 Å². The Labute approximate surface area is 111 Å². The SMILES string of the molecule is COC(=O)NC1CC(=O)N(c2cccc(OC)c2)C1. The summed E-state index contributed by atoms with van der Waals surface area (Å²) in [5.41, 5.74) is 0.763. The highest BCUT2D eigenvalue weighted by atomic mass is 16.5. The van der Waals surface area contributed by atoms with E-state index < -0.39 is 6.09 Å². The van der Waals surface area contributed by atoms with E-state index in [-0.39, 0.29) is 18.4 Å². The van der Waals surface area contributed by atoms with Crippen molar-refractivity contribution in [2.24, 2.45) is 0 Å². The Bertz CT molecular complexity index is 489. The predicted molar refractivity (Wildman–Crippen MR) is 69.3 cm³/mol. The first kappa shape index (κ1) is 13.2. The summed E-state index contributed by atoms with van der Waals surface area (Å²) in [6, 6.07) is 7.03. The zero-order chi connectivity index (χ0) is 13.8. The number of amides is 2. The van der Waals surface area contributed by atoms with Crippen molar-refractivity contribution in [3.63, 3.8) is 0 Å². The van der Waals surface area contributed by atoms with Crippen LogP contribution in [0.5, 0.6) is 5.75 Å². The molecule has 0 saturated carbocycles. The number of anilines is 1. The van der Waals surface area contributed by atoms with Gasteiger partial charge in [0.2, 0.25) is 5.91 Å². The van der Waals surface area contributed by atoms with Gasteiger partial charge in [0.15, 0.2) is 0 Å². The summed E-state index contributed by atoms with van der Waals surface area (Å²) in [5.74, 6) is 0.657. The quantitative estimate of drug-likeness (QED) is 0.889. The molecular formula is C13H16N2O4. The van der Waals surface area contributed by atoms with Gasteiger partial charge in [0, 0.05) is 24.7 Å². The van der Waals surface area contributed by atoms with Crippen molar-refractivity contribution in [3.8, 4) is 5.75 Å². The maximum absolute atomic E-state index is 11.9. The lowest BCUT2D eigenvalue weighted by Crippen LogP contribution is -2.37. The Kier molecular flexibility index (Phi) is 3.89. The number of ether oxygens (including phenoxy) is 2. The van der Waals surface area contributed by atoms with Crippen LogP contribution in [0.25, 0.3) is 0 Å². The first-order valence-electron chi connectivity index (χ1n) is 5.93. The third-order valence-corrected chi connectivity index (χ3v) is 3.00. The van der Waals surface area contributed by atoms with Crippen LogP contribution in [0.4, 0.5) is 10.5 Å². The number of benzene rings is 1. The number of methoxy groups -OCH3 is 2. The lowest BCUT2D eigenvalue weighted by atomic mass is 10.2. The Hall–Kier alpha value is -2.24. The van der Waals surface area contributed by atoms with Crippen LogP contribution in [0, 0.1) is 0 Å². The van der Waals surface area contributed by atoms with E-state index in [1.165, 1.54) is 7.11 Å². The van der Waals surface area contributed by atoms with E-state index in [1.807, 2.05) is 18.2 Å². The highest BCUT2D eigenvalue weighted by Crippen LogP contribution is 2.25. The van der Waals surface area contributed by atoms with Crippen molar-refractivity contribution in [1.82, 2.24) is 5.32 Å². The minimum absolute atomic E-state index is 0.0327. The zero-order valence-corrected chi connectivity index (χ0v) is 10.9. The van der Waals surface area contributed by atoms with Gasteiger partial charge in [-0.05, 0) is 12.1 Å². The van der Waals surface area contributed by atoms with E-state index in [4.69, 9.17) is 4.74 Å². The highest BCUT2D eigenvalue weighted by molar-refractivity contribution is 5.96. The zero-order valence-electron chi connectivity index (χ0n) is 10.9. The summed E-state index contributed by atoms with van der Waals surface area (Å²) < 4.78 is 9.66. The average Bonchev–Trinajstić information content (AvgIpc) is 2.79. The van der Waals surface area contributed by atoms with E-state index >= 15 is 0 Å². The molecule has 19 heavy (non-hydrogen) atoms. The minimum atomic E-state index is -0.523. The van der Waals surface area contributed by atoms with E-state index in [1.54, 1.807) is 18.1 Å². The third kappa shape index (κ3) is 2.96. The molecule has 1 N–H and O–H groups in total. The van der Waals surface area contributed by atoms with Crippen molar-refractivity contribution in [3.05, 3.63) is 24.3 Å². The Morgan fingerprint density at radius 2 is 2.21 bits per heavy atom. The fourth-order valence-corrected chi connectivity index (χ4v) is 2.06. The van der Waals surface area contributed by atoms with Gasteiger partial charge in [-0.2, -0.15) is 0 Å². The van der Waals surface area contributed by atoms with E-state index in [0.29, 0.717) is 12.3 Å². The predicted octanol–water partition coefficient (Wildman–Crippen LogP) is 1.16. The molecule has 1 unspecified atom stereocenters. The number of alkyl carbamates (subject to hydrolysis) is 1. The van der Waals surface area contributed by atoms with E-state index in [9.17, 15) is 9.59 Å². The number of carbonyl (C=O) groups is 2. The van der Waals surface area contributed by atoms with Crippen LogP contribution in [0.1, 0.15) is 6.42 Å². The van der Waals surface area contributed by atoms with Crippen LogP contribution in [0.3, 0.4) is 0 Å². The van der Waals surface area contributed by atoms with Crippen molar-refractivity contribution < 1.29 is 19.1 Å². The van der Waals surface area contributed by atoms with E-state index in [0.717, 1.165) is 5.69 Å². The number of hydrogen-bond acceptors (Lipinski definition) is 4. The van der Waals surface area contributed by atoms with Crippen LogP contribution in [-0.2, 0) is 9.53 Å². The molecule has 0 radical (unpaired) electrons. The molecule has 2 amide bonds. The molecule has 1 aromatic rings. The Morgan fingerprint density at radius 1 is 1.42 bits per heavy atom. The highest BCUT2D eigenvalue weighted by Gasteiger charge is 2.31. The topological polar surface area (TPSA) is 67.9 Å². The molecule has 2 rings (SSSR count). The Balaban J connectivity index is 2.08. The van der Waals surface area contributed by atoms with Crippen LogP contribution < -0.4 is 15.0 Å². The second kappa shape index (κ2) is 5.60. The fourth-order valence-electron chi connectivity index (χ4n) is 2.06. The standard InChI is InChI=1S/C13H16N2O4/c1-18-11-5-3-4-10(7-11)15-8-9(6-12(15)16)14-13(17)19-2/h3-5,7,9H,6,8H2,1-2H3,(H,14,17). The maximum Gasteiger partial charge on any atom is 0.407 e. The van der Waals surface area contributed by atoms with Gasteiger partial charge in [0.25, 0.3) is 0 Å². The fraction of sp³-hybridized carbons (Fsp3) is 0.385. The van der Waals surface area contributed by atoms with Gasteiger partial charge < -0.3 is 19.7 Å². The van der Waals surface area contributed by atoms with Crippen LogP contribution >= 0.6 is 0 Å².